The number of aromatic nitrogens is 1. The number of nitrogens with zero attached hydrogens (tertiary/aromatic N) is 1. The van der Waals surface area contributed by atoms with Gasteiger partial charge in [0.05, 0.1) is 0 Å². The maximum absolute atomic E-state index is 11.0. The normalized spacial score (nSPS) is 10.5. The van der Waals surface area contributed by atoms with Gasteiger partial charge in [-0.25, -0.2) is 4.98 Å². The Labute approximate surface area is 124 Å². The van der Waals surface area contributed by atoms with E-state index >= 15 is 0 Å². The molecule has 1 aromatic carbocycles. The van der Waals surface area contributed by atoms with Gasteiger partial charge in [-0.2, -0.15) is 0 Å². The van der Waals surface area contributed by atoms with Crippen LogP contribution >= 0.6 is 34.5 Å². The zero-order chi connectivity index (χ0) is 13.8. The van der Waals surface area contributed by atoms with Crippen LogP contribution in [0.3, 0.4) is 0 Å². The monoisotopic (exact) mass is 316 g/mol. The number of thiazole rings is 1. The number of anilines is 1. The van der Waals surface area contributed by atoms with Crippen molar-refractivity contribution >= 4 is 45.6 Å². The third-order valence-corrected chi connectivity index (χ3v) is 3.82. The molecule has 2 N–H and O–H groups in total. The molecule has 0 atom stereocenters. The Kier molecular flexibility index (Phi) is 4.76. The second kappa shape index (κ2) is 6.34. The third kappa shape index (κ3) is 3.91. The molecule has 1 aromatic heterocycles. The molecule has 4 nitrogen and oxygen atoms in total. The fourth-order valence-corrected chi connectivity index (χ4v) is 2.79. The van der Waals surface area contributed by atoms with E-state index in [9.17, 15) is 4.79 Å². The van der Waals surface area contributed by atoms with Crippen LogP contribution in [0.5, 0.6) is 0 Å². The van der Waals surface area contributed by atoms with Gasteiger partial charge in [0.1, 0.15) is 6.61 Å². The Morgan fingerprint density at radius 1 is 1.42 bits per heavy atom. The topological polar surface area (TPSA) is 62.2 Å². The summed E-state index contributed by atoms with van der Waals surface area (Å²) in [5, 5.41) is 12.8. The molecular formula is C12H10Cl2N2O2S. The van der Waals surface area contributed by atoms with Gasteiger partial charge in [-0.05, 0) is 17.7 Å². The average Bonchev–Trinajstić information content (AvgIpc) is 2.80. The summed E-state index contributed by atoms with van der Waals surface area (Å²) >= 11 is 13.3. The fourth-order valence-electron chi connectivity index (χ4n) is 1.46. The Morgan fingerprint density at radius 2 is 2.21 bits per heavy atom. The molecule has 0 saturated carbocycles. The number of benzene rings is 1. The van der Waals surface area contributed by atoms with E-state index in [0.29, 0.717) is 21.6 Å². The minimum Gasteiger partial charge on any atom is -0.387 e. The number of halogens is 2. The van der Waals surface area contributed by atoms with Crippen molar-refractivity contribution in [2.75, 3.05) is 11.9 Å². The van der Waals surface area contributed by atoms with Crippen LogP contribution < -0.4 is 5.32 Å². The van der Waals surface area contributed by atoms with Crippen LogP contribution in [-0.2, 0) is 11.2 Å². The molecule has 0 radical (unpaired) electrons. The van der Waals surface area contributed by atoms with Crippen molar-refractivity contribution in [3.05, 3.63) is 44.9 Å². The maximum atomic E-state index is 11.0. The first kappa shape index (κ1) is 14.3. The van der Waals surface area contributed by atoms with E-state index in [1.54, 1.807) is 18.3 Å². The number of carbonyl (C=O) groups is 1. The molecule has 0 bridgehead atoms. The van der Waals surface area contributed by atoms with Crippen LogP contribution in [-0.4, -0.2) is 22.6 Å². The van der Waals surface area contributed by atoms with Gasteiger partial charge in [0, 0.05) is 27.5 Å². The Bertz CT molecular complexity index is 601. The molecule has 2 rings (SSSR count). The van der Waals surface area contributed by atoms with Crippen molar-refractivity contribution in [3.8, 4) is 0 Å². The highest BCUT2D eigenvalue weighted by molar-refractivity contribution is 7.15. The predicted octanol–water partition coefficient (Wildman–Crippen LogP) is 2.97. The minimum absolute atomic E-state index is 0.458. The van der Waals surface area contributed by atoms with Crippen LogP contribution in [0.25, 0.3) is 0 Å². The lowest BCUT2D eigenvalue weighted by Crippen LogP contribution is -2.14. The predicted molar refractivity (Wildman–Crippen MR) is 77.1 cm³/mol. The van der Waals surface area contributed by atoms with Crippen molar-refractivity contribution in [2.45, 2.75) is 6.42 Å². The molecule has 0 fully saturated rings. The highest BCUT2D eigenvalue weighted by atomic mass is 35.5. The average molecular weight is 317 g/mol. The molecule has 2 aromatic rings. The molecule has 7 heteroatoms. The van der Waals surface area contributed by atoms with E-state index in [2.05, 4.69) is 10.3 Å². The Balaban J connectivity index is 2.09. The van der Waals surface area contributed by atoms with Crippen LogP contribution in [0.2, 0.25) is 10.0 Å². The van der Waals surface area contributed by atoms with E-state index in [-0.39, 0.29) is 0 Å². The number of carbonyl (C=O) groups excluding carboxylic acids is 1. The quantitative estimate of drug-likeness (QED) is 0.911. The molecule has 0 spiro atoms. The fraction of sp³-hybridized carbons (Fsp3) is 0.167. The van der Waals surface area contributed by atoms with Crippen molar-refractivity contribution in [3.63, 3.8) is 0 Å². The van der Waals surface area contributed by atoms with Crippen LogP contribution in [0.1, 0.15) is 10.4 Å². The second-order valence-corrected chi connectivity index (χ2v) is 5.71. The molecule has 0 aliphatic heterocycles. The van der Waals surface area contributed by atoms with E-state index in [1.807, 2.05) is 6.07 Å². The number of hydrogen-bond donors (Lipinski definition) is 2. The first-order chi connectivity index (χ1) is 9.08. The minimum atomic E-state index is -0.558. The number of amides is 1. The van der Waals surface area contributed by atoms with Crippen LogP contribution in [0.15, 0.2) is 24.4 Å². The number of aliphatic hydroxyl groups is 1. The number of nitrogens with one attached hydrogen (secondary N) is 1. The summed E-state index contributed by atoms with van der Waals surface area (Å²) in [6, 6.07) is 5.32. The lowest BCUT2D eigenvalue weighted by molar-refractivity contribution is -0.118. The van der Waals surface area contributed by atoms with Crippen molar-refractivity contribution < 1.29 is 9.90 Å². The summed E-state index contributed by atoms with van der Waals surface area (Å²) in [5.41, 5.74) is 0.940. The molecular weight excluding hydrogens is 307 g/mol. The highest BCUT2D eigenvalue weighted by Gasteiger charge is 2.08. The first-order valence-electron chi connectivity index (χ1n) is 5.38. The summed E-state index contributed by atoms with van der Waals surface area (Å²) in [5.74, 6) is -0.481. The molecule has 0 unspecified atom stereocenters. The van der Waals surface area contributed by atoms with Crippen LogP contribution in [0.4, 0.5) is 5.13 Å². The summed E-state index contributed by atoms with van der Waals surface area (Å²) in [6.07, 6.45) is 2.28. The van der Waals surface area contributed by atoms with Gasteiger partial charge in [-0.3, -0.25) is 10.1 Å². The lowest BCUT2D eigenvalue weighted by atomic mass is 10.1. The zero-order valence-corrected chi connectivity index (χ0v) is 12.0. The SMILES string of the molecule is O=C(CO)Nc1ncc(Cc2ccc(Cl)cc2Cl)s1. The lowest BCUT2D eigenvalue weighted by Gasteiger charge is -2.02. The second-order valence-electron chi connectivity index (χ2n) is 3.75. The largest absolute Gasteiger partial charge is 0.387 e. The maximum Gasteiger partial charge on any atom is 0.251 e. The Morgan fingerprint density at radius 3 is 2.89 bits per heavy atom. The van der Waals surface area contributed by atoms with Crippen molar-refractivity contribution in [2.24, 2.45) is 0 Å². The third-order valence-electron chi connectivity index (χ3n) is 2.32. The van der Waals surface area contributed by atoms with E-state index < -0.39 is 12.5 Å². The number of rotatable bonds is 4. The van der Waals surface area contributed by atoms with E-state index in [1.165, 1.54) is 11.3 Å². The van der Waals surface area contributed by atoms with E-state index in [0.717, 1.165) is 10.4 Å². The summed E-state index contributed by atoms with van der Waals surface area (Å²) in [4.78, 5) is 16.0. The standard InChI is InChI=1S/C12H10Cl2N2O2S/c13-8-2-1-7(10(14)4-8)3-9-5-15-12(19-9)16-11(18)6-17/h1-2,4-5,17H,3,6H2,(H,15,16,18). The summed E-state index contributed by atoms with van der Waals surface area (Å²) in [7, 11) is 0. The molecule has 0 aliphatic carbocycles. The smallest absolute Gasteiger partial charge is 0.251 e. The summed E-state index contributed by atoms with van der Waals surface area (Å²) in [6.45, 7) is -0.558. The Hall–Kier alpha value is -1.14. The zero-order valence-electron chi connectivity index (χ0n) is 9.69. The number of aliphatic hydroxyl groups excluding tert-OH is 1. The van der Waals surface area contributed by atoms with Gasteiger partial charge in [0.25, 0.3) is 5.91 Å². The van der Waals surface area contributed by atoms with Crippen molar-refractivity contribution in [1.82, 2.24) is 4.98 Å². The molecule has 1 amide bonds. The van der Waals surface area contributed by atoms with Crippen LogP contribution in [0, 0.1) is 0 Å². The van der Waals surface area contributed by atoms with Crippen molar-refractivity contribution in [1.29, 1.82) is 0 Å². The van der Waals surface area contributed by atoms with E-state index in [4.69, 9.17) is 28.3 Å². The van der Waals surface area contributed by atoms with Gasteiger partial charge in [-0.15, -0.1) is 11.3 Å². The van der Waals surface area contributed by atoms with Gasteiger partial charge >= 0.3 is 0 Å². The first-order valence-corrected chi connectivity index (χ1v) is 6.95. The molecule has 1 heterocycles. The molecule has 0 saturated heterocycles. The van der Waals surface area contributed by atoms with Gasteiger partial charge in [0.2, 0.25) is 0 Å². The van der Waals surface area contributed by atoms with Gasteiger partial charge in [-0.1, -0.05) is 29.3 Å². The molecule has 100 valence electrons. The molecule has 19 heavy (non-hydrogen) atoms. The highest BCUT2D eigenvalue weighted by Crippen LogP contribution is 2.26. The summed E-state index contributed by atoms with van der Waals surface area (Å²) < 4.78 is 0. The molecule has 0 aliphatic rings. The number of hydrogen-bond acceptors (Lipinski definition) is 4. The van der Waals surface area contributed by atoms with Gasteiger partial charge in [0.15, 0.2) is 5.13 Å². The van der Waals surface area contributed by atoms with Gasteiger partial charge < -0.3 is 5.11 Å².